The Balaban J connectivity index is 2.36. The highest BCUT2D eigenvalue weighted by Crippen LogP contribution is 2.26. The first-order valence-electron chi connectivity index (χ1n) is 5.97. The van der Waals surface area contributed by atoms with Crippen molar-refractivity contribution < 1.29 is 9.15 Å². The average Bonchev–Trinajstić information content (AvgIpc) is 2.74. The first-order valence-corrected chi connectivity index (χ1v) is 5.97. The van der Waals surface area contributed by atoms with E-state index in [2.05, 4.69) is 43.4 Å². The lowest BCUT2D eigenvalue weighted by Crippen LogP contribution is -2.24. The van der Waals surface area contributed by atoms with Gasteiger partial charge in [0.05, 0.1) is 12.6 Å². The van der Waals surface area contributed by atoms with Crippen LogP contribution in [0.3, 0.4) is 0 Å². The lowest BCUT2D eigenvalue weighted by atomic mass is 10.1. The van der Waals surface area contributed by atoms with Gasteiger partial charge in [0.2, 0.25) is 0 Å². The normalized spacial score (nSPS) is 13.1. The minimum absolute atomic E-state index is 0.122. The largest absolute Gasteiger partial charge is 0.459 e. The Bertz CT molecular complexity index is 484. The number of ether oxygens (including phenoxy) is 1. The van der Waals surface area contributed by atoms with Gasteiger partial charge in [-0.25, -0.2) is 0 Å². The van der Waals surface area contributed by atoms with E-state index >= 15 is 0 Å². The van der Waals surface area contributed by atoms with Gasteiger partial charge in [0.1, 0.15) is 11.3 Å². The number of aryl methyl sites for hydroxylation is 1. The van der Waals surface area contributed by atoms with Crippen LogP contribution in [-0.4, -0.2) is 20.3 Å². The quantitative estimate of drug-likeness (QED) is 0.862. The number of nitrogens with one attached hydrogen (secondary N) is 1. The van der Waals surface area contributed by atoms with E-state index in [4.69, 9.17) is 9.15 Å². The molecule has 0 amide bonds. The molecule has 0 fully saturated rings. The third-order valence-electron chi connectivity index (χ3n) is 2.89. The Hall–Kier alpha value is -1.32. The number of furan rings is 1. The zero-order chi connectivity index (χ0) is 12.3. The van der Waals surface area contributed by atoms with Gasteiger partial charge < -0.3 is 14.5 Å². The van der Waals surface area contributed by atoms with Crippen LogP contribution in [0.5, 0.6) is 0 Å². The molecule has 2 aromatic rings. The fourth-order valence-electron chi connectivity index (χ4n) is 2.06. The SMILES string of the molecule is CCNC(COC)c1cc2cccc(C)c2o1. The van der Waals surface area contributed by atoms with E-state index < -0.39 is 0 Å². The molecule has 0 aliphatic rings. The minimum atomic E-state index is 0.122. The number of benzene rings is 1. The van der Waals surface area contributed by atoms with E-state index in [-0.39, 0.29) is 6.04 Å². The second-order valence-electron chi connectivity index (χ2n) is 4.21. The molecule has 0 aliphatic heterocycles. The van der Waals surface area contributed by atoms with E-state index in [1.807, 2.05) is 0 Å². The van der Waals surface area contributed by atoms with Crippen molar-refractivity contribution in [2.75, 3.05) is 20.3 Å². The van der Waals surface area contributed by atoms with Crippen molar-refractivity contribution in [3.05, 3.63) is 35.6 Å². The molecule has 0 saturated carbocycles. The first kappa shape index (κ1) is 12.1. The van der Waals surface area contributed by atoms with Gasteiger partial charge in [0.25, 0.3) is 0 Å². The van der Waals surface area contributed by atoms with Crippen LogP contribution in [0, 0.1) is 6.92 Å². The molecule has 0 saturated heterocycles. The summed E-state index contributed by atoms with van der Waals surface area (Å²) in [5.41, 5.74) is 2.14. The van der Waals surface area contributed by atoms with Crippen LogP contribution in [-0.2, 0) is 4.74 Å². The second kappa shape index (κ2) is 5.34. The maximum Gasteiger partial charge on any atom is 0.137 e. The molecule has 0 spiro atoms. The zero-order valence-electron chi connectivity index (χ0n) is 10.6. The predicted octanol–water partition coefficient (Wildman–Crippen LogP) is 3.04. The Labute approximate surface area is 102 Å². The molecule has 0 bridgehead atoms. The number of hydrogen-bond acceptors (Lipinski definition) is 3. The molecule has 0 radical (unpaired) electrons. The third-order valence-corrected chi connectivity index (χ3v) is 2.89. The van der Waals surface area contributed by atoms with Crippen molar-refractivity contribution in [3.8, 4) is 0 Å². The molecular weight excluding hydrogens is 214 g/mol. The van der Waals surface area contributed by atoms with Crippen LogP contribution < -0.4 is 5.32 Å². The Morgan fingerprint density at radius 2 is 2.24 bits per heavy atom. The lowest BCUT2D eigenvalue weighted by Gasteiger charge is -2.13. The molecule has 1 unspecified atom stereocenters. The van der Waals surface area contributed by atoms with Crippen LogP contribution in [0.25, 0.3) is 11.0 Å². The number of rotatable bonds is 5. The van der Waals surface area contributed by atoms with Crippen LogP contribution in [0.2, 0.25) is 0 Å². The van der Waals surface area contributed by atoms with E-state index in [1.54, 1.807) is 7.11 Å². The first-order chi connectivity index (χ1) is 8.26. The molecule has 3 nitrogen and oxygen atoms in total. The molecule has 1 aromatic heterocycles. The number of fused-ring (bicyclic) bond motifs is 1. The molecule has 1 heterocycles. The Kier molecular flexibility index (Phi) is 3.82. The van der Waals surface area contributed by atoms with Crippen molar-refractivity contribution in [3.63, 3.8) is 0 Å². The van der Waals surface area contributed by atoms with Crippen LogP contribution in [0.4, 0.5) is 0 Å². The standard InChI is InChI=1S/C14H19NO2/c1-4-15-12(9-16-3)13-8-11-7-5-6-10(2)14(11)17-13/h5-8,12,15H,4,9H2,1-3H3. The maximum atomic E-state index is 5.92. The summed E-state index contributed by atoms with van der Waals surface area (Å²) in [6.07, 6.45) is 0. The number of methoxy groups -OCH3 is 1. The van der Waals surface area contributed by atoms with Crippen molar-refractivity contribution in [1.82, 2.24) is 5.32 Å². The second-order valence-corrected chi connectivity index (χ2v) is 4.21. The summed E-state index contributed by atoms with van der Waals surface area (Å²) < 4.78 is 11.1. The molecule has 1 aromatic carbocycles. The highest BCUT2D eigenvalue weighted by Gasteiger charge is 2.15. The van der Waals surface area contributed by atoms with E-state index in [0.717, 1.165) is 23.3 Å². The highest BCUT2D eigenvalue weighted by molar-refractivity contribution is 5.80. The van der Waals surface area contributed by atoms with Crippen molar-refractivity contribution in [2.24, 2.45) is 0 Å². The summed E-state index contributed by atoms with van der Waals surface area (Å²) in [6, 6.07) is 8.40. The summed E-state index contributed by atoms with van der Waals surface area (Å²) in [6.45, 7) is 5.65. The summed E-state index contributed by atoms with van der Waals surface area (Å²) in [4.78, 5) is 0. The molecule has 0 aliphatic carbocycles. The van der Waals surface area contributed by atoms with Gasteiger partial charge in [-0.3, -0.25) is 0 Å². The summed E-state index contributed by atoms with van der Waals surface area (Å²) in [5.74, 6) is 0.943. The van der Waals surface area contributed by atoms with Crippen molar-refractivity contribution in [1.29, 1.82) is 0 Å². The van der Waals surface area contributed by atoms with Gasteiger partial charge >= 0.3 is 0 Å². The van der Waals surface area contributed by atoms with Gasteiger partial charge in [-0.15, -0.1) is 0 Å². The van der Waals surface area contributed by atoms with Crippen LogP contribution in [0.15, 0.2) is 28.7 Å². The molecule has 1 N–H and O–H groups in total. The van der Waals surface area contributed by atoms with Gasteiger partial charge in [-0.2, -0.15) is 0 Å². The minimum Gasteiger partial charge on any atom is -0.459 e. The molecule has 1 atom stereocenters. The van der Waals surface area contributed by atoms with Gasteiger partial charge in [-0.1, -0.05) is 25.1 Å². The fourth-order valence-corrected chi connectivity index (χ4v) is 2.06. The predicted molar refractivity (Wildman–Crippen MR) is 69.2 cm³/mol. The summed E-state index contributed by atoms with van der Waals surface area (Å²) in [7, 11) is 1.71. The molecule has 17 heavy (non-hydrogen) atoms. The van der Waals surface area contributed by atoms with Gasteiger partial charge in [-0.05, 0) is 25.1 Å². The van der Waals surface area contributed by atoms with E-state index in [0.29, 0.717) is 6.61 Å². The topological polar surface area (TPSA) is 34.4 Å². The average molecular weight is 233 g/mol. The highest BCUT2D eigenvalue weighted by atomic mass is 16.5. The molecular formula is C14H19NO2. The Morgan fingerprint density at radius 1 is 1.41 bits per heavy atom. The summed E-state index contributed by atoms with van der Waals surface area (Å²) in [5, 5.41) is 4.51. The smallest absolute Gasteiger partial charge is 0.137 e. The molecule has 92 valence electrons. The molecule has 2 rings (SSSR count). The number of para-hydroxylation sites is 1. The van der Waals surface area contributed by atoms with Gasteiger partial charge in [0, 0.05) is 12.5 Å². The fraction of sp³-hybridized carbons (Fsp3) is 0.429. The van der Waals surface area contributed by atoms with Gasteiger partial charge in [0.15, 0.2) is 0 Å². The van der Waals surface area contributed by atoms with Crippen LogP contribution >= 0.6 is 0 Å². The Morgan fingerprint density at radius 3 is 2.88 bits per heavy atom. The monoisotopic (exact) mass is 233 g/mol. The van der Waals surface area contributed by atoms with E-state index in [1.165, 1.54) is 5.56 Å². The number of likely N-dealkylation sites (N-methyl/N-ethyl adjacent to an activating group) is 1. The molecule has 3 heteroatoms. The zero-order valence-corrected chi connectivity index (χ0v) is 10.6. The lowest BCUT2D eigenvalue weighted by molar-refractivity contribution is 0.159. The summed E-state index contributed by atoms with van der Waals surface area (Å²) >= 11 is 0. The van der Waals surface area contributed by atoms with E-state index in [9.17, 15) is 0 Å². The maximum absolute atomic E-state index is 5.92. The van der Waals surface area contributed by atoms with Crippen LogP contribution in [0.1, 0.15) is 24.3 Å². The van der Waals surface area contributed by atoms with Crippen molar-refractivity contribution >= 4 is 11.0 Å². The van der Waals surface area contributed by atoms with Crippen molar-refractivity contribution in [2.45, 2.75) is 19.9 Å². The third kappa shape index (κ3) is 2.51. The number of hydrogen-bond donors (Lipinski definition) is 1.